The summed E-state index contributed by atoms with van der Waals surface area (Å²) in [7, 11) is -0.323. The summed E-state index contributed by atoms with van der Waals surface area (Å²) in [5.41, 5.74) is 1.49. The first-order valence-electron chi connectivity index (χ1n) is 6.13. The fraction of sp³-hybridized carbons (Fsp3) is 0.750. The number of hydrogen-bond donors (Lipinski definition) is 1. The van der Waals surface area contributed by atoms with E-state index in [9.17, 15) is 0 Å². The van der Waals surface area contributed by atoms with Crippen LogP contribution in [0.15, 0.2) is 6.20 Å². The van der Waals surface area contributed by atoms with Crippen LogP contribution >= 0.6 is 0 Å². The molecule has 5 heteroatoms. The first-order valence-corrected chi connectivity index (χ1v) is 6.13. The van der Waals surface area contributed by atoms with Crippen molar-refractivity contribution in [1.82, 2.24) is 10.2 Å². The molecule has 0 spiro atoms. The molecule has 0 radical (unpaired) electrons. The van der Waals surface area contributed by atoms with Gasteiger partial charge in [-0.3, -0.25) is 5.10 Å². The minimum atomic E-state index is -0.323. The Morgan fingerprint density at radius 3 is 2.18 bits per heavy atom. The van der Waals surface area contributed by atoms with Gasteiger partial charge in [0, 0.05) is 17.4 Å². The molecule has 0 unspecified atom stereocenters. The van der Waals surface area contributed by atoms with Gasteiger partial charge in [0.25, 0.3) is 0 Å². The number of aromatic amines is 1. The predicted molar refractivity (Wildman–Crippen MR) is 68.4 cm³/mol. The molecular weight excluding hydrogens is 215 g/mol. The molecule has 4 nitrogen and oxygen atoms in total. The van der Waals surface area contributed by atoms with Crippen molar-refractivity contribution in [3.8, 4) is 0 Å². The highest BCUT2D eigenvalue weighted by atomic mass is 16.7. The van der Waals surface area contributed by atoms with Crippen LogP contribution in [0.5, 0.6) is 0 Å². The van der Waals surface area contributed by atoms with Crippen LogP contribution in [0, 0.1) is 0 Å². The van der Waals surface area contributed by atoms with Crippen LogP contribution in [0.2, 0.25) is 0 Å². The van der Waals surface area contributed by atoms with Gasteiger partial charge in [-0.1, -0.05) is 13.8 Å². The van der Waals surface area contributed by atoms with Gasteiger partial charge in [-0.15, -0.1) is 0 Å². The Kier molecular flexibility index (Phi) is 2.87. The fourth-order valence-corrected chi connectivity index (χ4v) is 1.93. The van der Waals surface area contributed by atoms with E-state index in [1.807, 2.05) is 0 Å². The summed E-state index contributed by atoms with van der Waals surface area (Å²) in [6.45, 7) is 12.5. The Morgan fingerprint density at radius 2 is 1.71 bits per heavy atom. The van der Waals surface area contributed by atoms with Crippen LogP contribution in [0.1, 0.15) is 53.2 Å². The van der Waals surface area contributed by atoms with E-state index in [4.69, 9.17) is 9.31 Å². The Balaban J connectivity index is 2.29. The average Bonchev–Trinajstić information content (AvgIpc) is 2.69. The normalized spacial score (nSPS) is 22.4. The van der Waals surface area contributed by atoms with Crippen LogP contribution in [-0.2, 0) is 9.31 Å². The van der Waals surface area contributed by atoms with Crippen LogP contribution in [-0.4, -0.2) is 28.5 Å². The highest BCUT2D eigenvalue weighted by molar-refractivity contribution is 6.62. The van der Waals surface area contributed by atoms with Gasteiger partial charge >= 0.3 is 7.12 Å². The van der Waals surface area contributed by atoms with Crippen molar-refractivity contribution in [3.05, 3.63) is 11.9 Å². The molecule has 2 heterocycles. The topological polar surface area (TPSA) is 47.1 Å². The third-order valence-electron chi connectivity index (χ3n) is 3.78. The third-order valence-corrected chi connectivity index (χ3v) is 3.78. The molecule has 1 saturated heterocycles. The maximum atomic E-state index is 6.02. The second-order valence-corrected chi connectivity index (χ2v) is 5.98. The van der Waals surface area contributed by atoms with E-state index in [1.54, 1.807) is 6.20 Å². The lowest BCUT2D eigenvalue weighted by Crippen LogP contribution is -2.41. The van der Waals surface area contributed by atoms with E-state index in [2.05, 4.69) is 51.7 Å². The molecule has 1 fully saturated rings. The number of nitrogens with one attached hydrogen (secondary N) is 1. The van der Waals surface area contributed by atoms with Crippen molar-refractivity contribution >= 4 is 12.6 Å². The molecular formula is C12H21BN2O2. The number of hydrogen-bond acceptors (Lipinski definition) is 3. The maximum absolute atomic E-state index is 6.02. The first kappa shape index (κ1) is 12.6. The zero-order valence-electron chi connectivity index (χ0n) is 11.5. The summed E-state index contributed by atoms with van der Waals surface area (Å²) in [6.07, 6.45) is 1.80. The Morgan fingerprint density at radius 1 is 1.18 bits per heavy atom. The lowest BCUT2D eigenvalue weighted by Gasteiger charge is -2.32. The van der Waals surface area contributed by atoms with E-state index in [0.29, 0.717) is 5.92 Å². The molecule has 1 aliphatic rings. The van der Waals surface area contributed by atoms with E-state index in [-0.39, 0.29) is 18.3 Å². The SMILES string of the molecule is CC(C)c1[nH]ncc1B1OC(C)(C)C(C)(C)O1. The Hall–Kier alpha value is -0.805. The Bertz CT molecular complexity index is 396. The summed E-state index contributed by atoms with van der Waals surface area (Å²) in [5.74, 6) is 0.381. The second-order valence-electron chi connectivity index (χ2n) is 5.98. The van der Waals surface area contributed by atoms with Gasteiger partial charge in [0.1, 0.15) is 0 Å². The highest BCUT2D eigenvalue weighted by Gasteiger charge is 2.52. The molecule has 1 aromatic rings. The molecule has 94 valence electrons. The van der Waals surface area contributed by atoms with Crippen molar-refractivity contribution in [2.24, 2.45) is 0 Å². The van der Waals surface area contributed by atoms with E-state index in [0.717, 1.165) is 11.2 Å². The maximum Gasteiger partial charge on any atom is 0.498 e. The van der Waals surface area contributed by atoms with Gasteiger partial charge in [-0.2, -0.15) is 5.10 Å². The monoisotopic (exact) mass is 236 g/mol. The molecule has 2 rings (SSSR count). The average molecular weight is 236 g/mol. The van der Waals surface area contributed by atoms with Crippen molar-refractivity contribution in [2.45, 2.75) is 58.7 Å². The molecule has 0 atom stereocenters. The van der Waals surface area contributed by atoms with Crippen molar-refractivity contribution in [2.75, 3.05) is 0 Å². The summed E-state index contributed by atoms with van der Waals surface area (Å²) >= 11 is 0. The minimum Gasteiger partial charge on any atom is -0.399 e. The Labute approximate surface area is 103 Å². The summed E-state index contributed by atoms with van der Waals surface area (Å²) < 4.78 is 12.0. The molecule has 0 amide bonds. The molecule has 1 aromatic heterocycles. The van der Waals surface area contributed by atoms with Crippen LogP contribution < -0.4 is 5.46 Å². The van der Waals surface area contributed by atoms with Gasteiger partial charge in [-0.25, -0.2) is 0 Å². The van der Waals surface area contributed by atoms with Gasteiger partial charge < -0.3 is 9.31 Å². The molecule has 0 saturated carbocycles. The highest BCUT2D eigenvalue weighted by Crippen LogP contribution is 2.36. The minimum absolute atomic E-state index is 0.302. The molecule has 0 bridgehead atoms. The zero-order valence-corrected chi connectivity index (χ0v) is 11.5. The second kappa shape index (κ2) is 3.85. The smallest absolute Gasteiger partial charge is 0.399 e. The largest absolute Gasteiger partial charge is 0.498 e. The standard InChI is InChI=1S/C12H21BN2O2/c1-8(2)10-9(7-14-15-10)13-16-11(3,4)12(5,6)17-13/h7-8H,1-6H3,(H,14,15). The van der Waals surface area contributed by atoms with Gasteiger partial charge in [-0.05, 0) is 33.6 Å². The summed E-state index contributed by atoms with van der Waals surface area (Å²) in [6, 6.07) is 0. The number of aromatic nitrogens is 2. The quantitative estimate of drug-likeness (QED) is 0.797. The molecule has 1 N–H and O–H groups in total. The summed E-state index contributed by atoms with van der Waals surface area (Å²) in [5, 5.41) is 7.13. The van der Waals surface area contributed by atoms with E-state index in [1.165, 1.54) is 0 Å². The van der Waals surface area contributed by atoms with E-state index < -0.39 is 0 Å². The number of rotatable bonds is 2. The van der Waals surface area contributed by atoms with Crippen molar-refractivity contribution < 1.29 is 9.31 Å². The molecule has 17 heavy (non-hydrogen) atoms. The van der Waals surface area contributed by atoms with Crippen molar-refractivity contribution in [1.29, 1.82) is 0 Å². The molecule has 0 aromatic carbocycles. The van der Waals surface area contributed by atoms with Gasteiger partial charge in [0.05, 0.1) is 11.2 Å². The van der Waals surface area contributed by atoms with Crippen LogP contribution in [0.25, 0.3) is 0 Å². The lowest BCUT2D eigenvalue weighted by molar-refractivity contribution is 0.00578. The van der Waals surface area contributed by atoms with Crippen LogP contribution in [0.4, 0.5) is 0 Å². The molecule has 0 aliphatic carbocycles. The fourth-order valence-electron chi connectivity index (χ4n) is 1.93. The van der Waals surface area contributed by atoms with E-state index >= 15 is 0 Å². The van der Waals surface area contributed by atoms with Gasteiger partial charge in [0.2, 0.25) is 0 Å². The number of nitrogens with zero attached hydrogens (tertiary/aromatic N) is 1. The predicted octanol–water partition coefficient (Wildman–Crippen LogP) is 1.83. The first-order chi connectivity index (χ1) is 7.74. The van der Waals surface area contributed by atoms with Crippen molar-refractivity contribution in [3.63, 3.8) is 0 Å². The lowest BCUT2D eigenvalue weighted by atomic mass is 9.77. The van der Waals surface area contributed by atoms with Crippen LogP contribution in [0.3, 0.4) is 0 Å². The third kappa shape index (κ3) is 2.02. The van der Waals surface area contributed by atoms with Gasteiger partial charge in [0.15, 0.2) is 0 Å². The molecule has 1 aliphatic heterocycles. The zero-order chi connectivity index (χ0) is 12.8. The summed E-state index contributed by atoms with van der Waals surface area (Å²) in [4.78, 5) is 0. The number of H-pyrrole nitrogens is 1.